The van der Waals surface area contributed by atoms with E-state index >= 15 is 0 Å². The lowest BCUT2D eigenvalue weighted by atomic mass is 10.2. The van der Waals surface area contributed by atoms with Crippen LogP contribution in [0.25, 0.3) is 10.2 Å². The SMILES string of the molecule is Cc1c(Cl)ccc2sc(N3CCOCC3)nc12.Cl. The number of halogens is 2. The Morgan fingerprint density at radius 2 is 2.06 bits per heavy atom. The monoisotopic (exact) mass is 304 g/mol. The lowest BCUT2D eigenvalue weighted by molar-refractivity contribution is 0.122. The van der Waals surface area contributed by atoms with Crippen molar-refractivity contribution in [3.05, 3.63) is 22.7 Å². The van der Waals surface area contributed by atoms with Crippen molar-refractivity contribution in [2.24, 2.45) is 0 Å². The fourth-order valence-corrected chi connectivity index (χ4v) is 3.21. The van der Waals surface area contributed by atoms with Crippen LogP contribution in [0.3, 0.4) is 0 Å². The normalized spacial score (nSPS) is 15.8. The number of benzene rings is 1. The van der Waals surface area contributed by atoms with Crippen LogP contribution in [0.4, 0.5) is 5.13 Å². The zero-order valence-electron chi connectivity index (χ0n) is 9.98. The Balaban J connectivity index is 0.00000120. The first-order valence-electron chi connectivity index (χ1n) is 5.64. The molecule has 1 aliphatic heterocycles. The van der Waals surface area contributed by atoms with Crippen molar-refractivity contribution in [2.45, 2.75) is 6.92 Å². The first-order chi connectivity index (χ1) is 8.25. The lowest BCUT2D eigenvalue weighted by Crippen LogP contribution is -2.36. The quantitative estimate of drug-likeness (QED) is 0.806. The summed E-state index contributed by atoms with van der Waals surface area (Å²) in [6, 6.07) is 3.99. The summed E-state index contributed by atoms with van der Waals surface area (Å²) in [6.07, 6.45) is 0. The molecular weight excluding hydrogens is 291 g/mol. The Kier molecular flexibility index (Phi) is 4.33. The van der Waals surface area contributed by atoms with Gasteiger partial charge in [0, 0.05) is 18.1 Å². The van der Waals surface area contributed by atoms with E-state index in [1.165, 1.54) is 4.70 Å². The van der Waals surface area contributed by atoms with Crippen LogP contribution in [-0.4, -0.2) is 31.3 Å². The van der Waals surface area contributed by atoms with Crippen LogP contribution in [0.1, 0.15) is 5.56 Å². The highest BCUT2D eigenvalue weighted by molar-refractivity contribution is 7.22. The van der Waals surface area contributed by atoms with Gasteiger partial charge in [-0.2, -0.15) is 0 Å². The average molecular weight is 305 g/mol. The van der Waals surface area contributed by atoms with E-state index in [2.05, 4.69) is 4.90 Å². The van der Waals surface area contributed by atoms with Crippen LogP contribution in [-0.2, 0) is 4.74 Å². The second-order valence-electron chi connectivity index (χ2n) is 4.11. The van der Waals surface area contributed by atoms with E-state index in [1.807, 2.05) is 19.1 Å². The highest BCUT2D eigenvalue weighted by atomic mass is 35.5. The van der Waals surface area contributed by atoms with E-state index in [0.717, 1.165) is 47.5 Å². The molecule has 0 spiro atoms. The summed E-state index contributed by atoms with van der Waals surface area (Å²) in [5.74, 6) is 0. The molecule has 0 saturated carbocycles. The molecule has 0 N–H and O–H groups in total. The van der Waals surface area contributed by atoms with Crippen LogP contribution in [0, 0.1) is 6.92 Å². The maximum Gasteiger partial charge on any atom is 0.186 e. The highest BCUT2D eigenvalue weighted by Gasteiger charge is 2.16. The fraction of sp³-hybridized carbons (Fsp3) is 0.417. The Morgan fingerprint density at radius 1 is 1.33 bits per heavy atom. The first-order valence-corrected chi connectivity index (χ1v) is 6.83. The van der Waals surface area contributed by atoms with Crippen molar-refractivity contribution < 1.29 is 4.74 Å². The molecule has 0 atom stereocenters. The summed E-state index contributed by atoms with van der Waals surface area (Å²) in [6.45, 7) is 5.44. The van der Waals surface area contributed by atoms with E-state index in [4.69, 9.17) is 21.3 Å². The van der Waals surface area contributed by atoms with Gasteiger partial charge in [-0.25, -0.2) is 4.98 Å². The minimum atomic E-state index is 0. The number of nitrogens with zero attached hydrogens (tertiary/aromatic N) is 2. The van der Waals surface area contributed by atoms with Gasteiger partial charge in [-0.3, -0.25) is 0 Å². The third kappa shape index (κ3) is 2.43. The number of rotatable bonds is 1. The summed E-state index contributed by atoms with van der Waals surface area (Å²) in [4.78, 5) is 6.98. The second kappa shape index (κ2) is 5.61. The van der Waals surface area contributed by atoms with E-state index in [-0.39, 0.29) is 12.4 Å². The standard InChI is InChI=1S/C12H13ClN2OS.ClH/c1-8-9(13)2-3-10-11(8)14-12(17-10)15-4-6-16-7-5-15;/h2-3H,4-7H2,1H3;1H. The van der Waals surface area contributed by atoms with Crippen molar-refractivity contribution in [1.29, 1.82) is 0 Å². The maximum atomic E-state index is 6.11. The molecule has 98 valence electrons. The summed E-state index contributed by atoms with van der Waals surface area (Å²) in [5.41, 5.74) is 2.10. The number of thiazole rings is 1. The smallest absolute Gasteiger partial charge is 0.186 e. The third-order valence-electron chi connectivity index (χ3n) is 3.02. The van der Waals surface area contributed by atoms with Crippen LogP contribution in [0.5, 0.6) is 0 Å². The molecular formula is C12H14Cl2N2OS. The van der Waals surface area contributed by atoms with Crippen LogP contribution in [0.2, 0.25) is 5.02 Å². The van der Waals surface area contributed by atoms with Gasteiger partial charge in [-0.05, 0) is 24.6 Å². The van der Waals surface area contributed by atoms with Crippen molar-refractivity contribution in [1.82, 2.24) is 4.98 Å². The molecule has 0 aliphatic carbocycles. The Bertz CT molecular complexity index is 552. The van der Waals surface area contributed by atoms with E-state index < -0.39 is 0 Å². The number of aryl methyl sites for hydroxylation is 1. The van der Waals surface area contributed by atoms with Crippen LogP contribution in [0.15, 0.2) is 12.1 Å². The summed E-state index contributed by atoms with van der Waals surface area (Å²) < 4.78 is 6.55. The Labute approximate surface area is 121 Å². The largest absolute Gasteiger partial charge is 0.378 e. The lowest BCUT2D eigenvalue weighted by Gasteiger charge is -2.25. The number of hydrogen-bond donors (Lipinski definition) is 0. The number of ether oxygens (including phenoxy) is 1. The summed E-state index contributed by atoms with van der Waals surface area (Å²) >= 11 is 7.84. The topological polar surface area (TPSA) is 25.4 Å². The van der Waals surface area contributed by atoms with Crippen molar-refractivity contribution >= 4 is 50.7 Å². The van der Waals surface area contributed by atoms with Gasteiger partial charge in [0.1, 0.15) is 0 Å². The second-order valence-corrected chi connectivity index (χ2v) is 5.53. The number of aromatic nitrogens is 1. The first kappa shape index (κ1) is 13.9. The zero-order chi connectivity index (χ0) is 11.8. The van der Waals surface area contributed by atoms with Gasteiger partial charge in [-0.1, -0.05) is 22.9 Å². The van der Waals surface area contributed by atoms with Gasteiger partial charge in [0.05, 0.1) is 23.4 Å². The van der Waals surface area contributed by atoms with E-state index in [1.54, 1.807) is 11.3 Å². The molecule has 18 heavy (non-hydrogen) atoms. The molecule has 0 amide bonds. The number of morpholine rings is 1. The van der Waals surface area contributed by atoms with Crippen molar-refractivity contribution in [2.75, 3.05) is 31.2 Å². The number of fused-ring (bicyclic) bond motifs is 1. The van der Waals surface area contributed by atoms with Gasteiger partial charge < -0.3 is 9.64 Å². The van der Waals surface area contributed by atoms with Crippen molar-refractivity contribution in [3.8, 4) is 0 Å². The zero-order valence-corrected chi connectivity index (χ0v) is 12.4. The molecule has 2 aromatic rings. The minimum Gasteiger partial charge on any atom is -0.378 e. The Morgan fingerprint density at radius 3 is 2.78 bits per heavy atom. The average Bonchev–Trinajstić information content (AvgIpc) is 2.80. The molecule has 1 saturated heterocycles. The molecule has 1 aromatic heterocycles. The molecule has 0 bridgehead atoms. The molecule has 0 radical (unpaired) electrons. The maximum absolute atomic E-state index is 6.11. The Hall–Kier alpha value is -0.550. The van der Waals surface area contributed by atoms with E-state index in [9.17, 15) is 0 Å². The summed E-state index contributed by atoms with van der Waals surface area (Å²) in [5, 5.41) is 1.87. The van der Waals surface area contributed by atoms with E-state index in [0.29, 0.717) is 0 Å². The van der Waals surface area contributed by atoms with Gasteiger partial charge in [0.2, 0.25) is 0 Å². The van der Waals surface area contributed by atoms with Gasteiger partial charge in [0.15, 0.2) is 5.13 Å². The summed E-state index contributed by atoms with van der Waals surface area (Å²) in [7, 11) is 0. The molecule has 2 heterocycles. The predicted octanol–water partition coefficient (Wildman–Crippen LogP) is 3.52. The minimum absolute atomic E-state index is 0. The van der Waals surface area contributed by atoms with Crippen LogP contribution < -0.4 is 4.90 Å². The van der Waals surface area contributed by atoms with Gasteiger partial charge in [-0.15, -0.1) is 12.4 Å². The molecule has 1 aliphatic rings. The predicted molar refractivity (Wildman–Crippen MR) is 79.6 cm³/mol. The molecule has 3 rings (SSSR count). The van der Waals surface area contributed by atoms with Gasteiger partial charge in [0.25, 0.3) is 0 Å². The molecule has 3 nitrogen and oxygen atoms in total. The molecule has 1 aromatic carbocycles. The third-order valence-corrected chi connectivity index (χ3v) is 4.51. The fourth-order valence-electron chi connectivity index (χ4n) is 1.98. The number of anilines is 1. The van der Waals surface area contributed by atoms with Crippen LogP contribution >= 0.6 is 35.3 Å². The van der Waals surface area contributed by atoms with Gasteiger partial charge >= 0.3 is 0 Å². The number of hydrogen-bond acceptors (Lipinski definition) is 4. The van der Waals surface area contributed by atoms with Crippen molar-refractivity contribution in [3.63, 3.8) is 0 Å². The molecule has 6 heteroatoms. The molecule has 1 fully saturated rings. The highest BCUT2D eigenvalue weighted by Crippen LogP contribution is 2.33. The molecule has 0 unspecified atom stereocenters.